The second kappa shape index (κ2) is 8.40. The average molecular weight is 411 g/mol. The summed E-state index contributed by atoms with van der Waals surface area (Å²) in [6, 6.07) is 14.1. The molecule has 0 spiro atoms. The number of aromatic nitrogens is 4. The number of hydrogen-bond acceptors (Lipinski definition) is 5. The highest BCUT2D eigenvalue weighted by atomic mass is 35.5. The molecule has 2 aromatic carbocycles. The number of benzene rings is 2. The first-order valence-electron chi connectivity index (χ1n) is 9.30. The summed E-state index contributed by atoms with van der Waals surface area (Å²) >= 11 is 5.90. The first kappa shape index (κ1) is 19.1. The molecule has 0 bridgehead atoms. The minimum atomic E-state index is -0.270. The SMILES string of the molecule is O=C(Nc1cccc(-c2nn[nH]n2)c1)[C@@H]1CCCN(C(=O)c2ccc(Cl)cc2)C1. The van der Waals surface area contributed by atoms with Gasteiger partial charge in [-0.15, -0.1) is 10.2 Å². The average Bonchev–Trinajstić information content (AvgIpc) is 3.29. The maximum Gasteiger partial charge on any atom is 0.253 e. The predicted molar refractivity (Wildman–Crippen MR) is 108 cm³/mol. The van der Waals surface area contributed by atoms with Crippen molar-refractivity contribution >= 4 is 29.1 Å². The molecular weight excluding hydrogens is 392 g/mol. The van der Waals surface area contributed by atoms with E-state index in [1.165, 1.54) is 0 Å². The highest BCUT2D eigenvalue weighted by Crippen LogP contribution is 2.23. The van der Waals surface area contributed by atoms with E-state index in [9.17, 15) is 9.59 Å². The molecule has 9 heteroatoms. The number of piperidine rings is 1. The van der Waals surface area contributed by atoms with Crippen LogP contribution in [0, 0.1) is 5.92 Å². The minimum Gasteiger partial charge on any atom is -0.338 e. The predicted octanol–water partition coefficient (Wildman–Crippen LogP) is 3.01. The quantitative estimate of drug-likeness (QED) is 0.688. The van der Waals surface area contributed by atoms with Crippen LogP contribution in [-0.2, 0) is 4.79 Å². The van der Waals surface area contributed by atoms with E-state index in [1.54, 1.807) is 41.3 Å². The fourth-order valence-corrected chi connectivity index (χ4v) is 3.54. The van der Waals surface area contributed by atoms with E-state index in [2.05, 4.69) is 25.9 Å². The fraction of sp³-hybridized carbons (Fsp3) is 0.250. The Kier molecular flexibility index (Phi) is 5.53. The van der Waals surface area contributed by atoms with Crippen LogP contribution < -0.4 is 5.32 Å². The molecule has 148 valence electrons. The maximum atomic E-state index is 12.8. The summed E-state index contributed by atoms with van der Waals surface area (Å²) in [4.78, 5) is 27.3. The van der Waals surface area contributed by atoms with Crippen molar-refractivity contribution < 1.29 is 9.59 Å². The lowest BCUT2D eigenvalue weighted by Gasteiger charge is -2.32. The highest BCUT2D eigenvalue weighted by Gasteiger charge is 2.29. The number of halogens is 1. The van der Waals surface area contributed by atoms with Gasteiger partial charge < -0.3 is 10.2 Å². The molecule has 1 aliphatic rings. The van der Waals surface area contributed by atoms with Gasteiger partial charge in [0.25, 0.3) is 5.91 Å². The number of carbonyl (C=O) groups is 2. The monoisotopic (exact) mass is 410 g/mol. The number of aromatic amines is 1. The molecule has 0 saturated carbocycles. The van der Waals surface area contributed by atoms with E-state index in [1.807, 2.05) is 12.1 Å². The fourth-order valence-electron chi connectivity index (χ4n) is 3.42. The molecule has 3 aromatic rings. The molecule has 8 nitrogen and oxygen atoms in total. The van der Waals surface area contributed by atoms with Crippen LogP contribution in [0.25, 0.3) is 11.4 Å². The van der Waals surface area contributed by atoms with Crippen molar-refractivity contribution in [2.45, 2.75) is 12.8 Å². The van der Waals surface area contributed by atoms with Gasteiger partial charge in [-0.05, 0) is 54.5 Å². The number of hydrogen-bond donors (Lipinski definition) is 2. The normalized spacial score (nSPS) is 16.4. The summed E-state index contributed by atoms with van der Waals surface area (Å²) in [5.41, 5.74) is 1.97. The molecule has 0 unspecified atom stereocenters. The van der Waals surface area contributed by atoms with Crippen LogP contribution in [0.4, 0.5) is 5.69 Å². The zero-order valence-corrected chi connectivity index (χ0v) is 16.3. The van der Waals surface area contributed by atoms with Crippen LogP contribution in [0.2, 0.25) is 5.02 Å². The van der Waals surface area contributed by atoms with Crippen LogP contribution in [0.15, 0.2) is 48.5 Å². The van der Waals surface area contributed by atoms with Crippen molar-refractivity contribution in [3.8, 4) is 11.4 Å². The minimum absolute atomic E-state index is 0.0849. The molecule has 0 aliphatic carbocycles. The molecule has 1 aromatic heterocycles. The molecule has 2 amide bonds. The summed E-state index contributed by atoms with van der Waals surface area (Å²) in [5, 5.41) is 17.4. The van der Waals surface area contributed by atoms with Crippen molar-refractivity contribution in [3.63, 3.8) is 0 Å². The standard InChI is InChI=1S/C20H19ClN6O2/c21-16-8-6-13(7-9-16)20(29)27-10-2-4-15(12-27)19(28)22-17-5-1-3-14(11-17)18-23-25-26-24-18/h1,3,5-9,11,15H,2,4,10,12H2,(H,22,28)(H,23,24,25,26)/t15-/m1/s1. The zero-order valence-electron chi connectivity index (χ0n) is 15.5. The summed E-state index contributed by atoms with van der Waals surface area (Å²) in [6.45, 7) is 1.02. The molecular formula is C20H19ClN6O2. The Morgan fingerprint density at radius 3 is 2.76 bits per heavy atom. The smallest absolute Gasteiger partial charge is 0.253 e. The third-order valence-corrected chi connectivity index (χ3v) is 5.16. The number of anilines is 1. The number of nitrogens with one attached hydrogen (secondary N) is 2. The van der Waals surface area contributed by atoms with E-state index in [0.717, 1.165) is 18.4 Å². The second-order valence-corrected chi connectivity index (χ2v) is 7.34. The van der Waals surface area contributed by atoms with Gasteiger partial charge in [-0.1, -0.05) is 23.7 Å². The lowest BCUT2D eigenvalue weighted by Crippen LogP contribution is -2.43. The Balaban J connectivity index is 1.42. The van der Waals surface area contributed by atoms with Gasteiger partial charge in [0.15, 0.2) is 0 Å². The van der Waals surface area contributed by atoms with Gasteiger partial charge in [0.05, 0.1) is 5.92 Å². The number of likely N-dealkylation sites (tertiary alicyclic amines) is 1. The lowest BCUT2D eigenvalue weighted by atomic mass is 9.96. The van der Waals surface area contributed by atoms with Crippen LogP contribution >= 0.6 is 11.6 Å². The Morgan fingerprint density at radius 1 is 1.17 bits per heavy atom. The number of H-pyrrole nitrogens is 1. The Bertz CT molecular complexity index is 1010. The van der Waals surface area contributed by atoms with Crippen LogP contribution in [-0.4, -0.2) is 50.4 Å². The molecule has 29 heavy (non-hydrogen) atoms. The van der Waals surface area contributed by atoms with Crippen molar-refractivity contribution in [1.82, 2.24) is 25.5 Å². The topological polar surface area (TPSA) is 104 Å². The summed E-state index contributed by atoms with van der Waals surface area (Å²) in [7, 11) is 0. The van der Waals surface area contributed by atoms with Crippen LogP contribution in [0.3, 0.4) is 0 Å². The van der Waals surface area contributed by atoms with E-state index in [4.69, 9.17) is 11.6 Å². The van der Waals surface area contributed by atoms with Gasteiger partial charge in [-0.25, -0.2) is 0 Å². The van der Waals surface area contributed by atoms with Crippen molar-refractivity contribution in [2.24, 2.45) is 5.92 Å². The van der Waals surface area contributed by atoms with E-state index in [0.29, 0.717) is 35.2 Å². The van der Waals surface area contributed by atoms with E-state index >= 15 is 0 Å². The molecule has 1 aliphatic heterocycles. The van der Waals surface area contributed by atoms with Gasteiger partial charge in [-0.3, -0.25) is 9.59 Å². The molecule has 1 atom stereocenters. The van der Waals surface area contributed by atoms with Gasteiger partial charge in [0.2, 0.25) is 11.7 Å². The number of rotatable bonds is 4. The van der Waals surface area contributed by atoms with Crippen molar-refractivity contribution in [3.05, 3.63) is 59.1 Å². The number of tetrazole rings is 1. The Hall–Kier alpha value is -3.26. The Morgan fingerprint density at radius 2 is 2.00 bits per heavy atom. The van der Waals surface area contributed by atoms with Gasteiger partial charge in [-0.2, -0.15) is 5.21 Å². The summed E-state index contributed by atoms with van der Waals surface area (Å²) in [5.74, 6) is -0.00512. The van der Waals surface area contributed by atoms with Crippen LogP contribution in [0.1, 0.15) is 23.2 Å². The van der Waals surface area contributed by atoms with E-state index in [-0.39, 0.29) is 17.7 Å². The third-order valence-electron chi connectivity index (χ3n) is 4.90. The molecule has 2 heterocycles. The highest BCUT2D eigenvalue weighted by molar-refractivity contribution is 6.30. The first-order valence-corrected chi connectivity index (χ1v) is 9.67. The van der Waals surface area contributed by atoms with Crippen molar-refractivity contribution in [2.75, 3.05) is 18.4 Å². The molecule has 2 N–H and O–H groups in total. The van der Waals surface area contributed by atoms with Gasteiger partial charge in [0, 0.05) is 34.9 Å². The molecule has 0 radical (unpaired) electrons. The number of carbonyl (C=O) groups excluding carboxylic acids is 2. The van der Waals surface area contributed by atoms with Gasteiger partial charge in [0.1, 0.15) is 0 Å². The van der Waals surface area contributed by atoms with E-state index < -0.39 is 0 Å². The summed E-state index contributed by atoms with van der Waals surface area (Å²) < 4.78 is 0. The Labute approximate surface area is 172 Å². The van der Waals surface area contributed by atoms with Gasteiger partial charge >= 0.3 is 0 Å². The van der Waals surface area contributed by atoms with Crippen molar-refractivity contribution in [1.29, 1.82) is 0 Å². The first-order chi connectivity index (χ1) is 14.1. The zero-order chi connectivity index (χ0) is 20.2. The largest absolute Gasteiger partial charge is 0.338 e. The maximum absolute atomic E-state index is 12.8. The lowest BCUT2D eigenvalue weighted by molar-refractivity contribution is -0.121. The number of amides is 2. The second-order valence-electron chi connectivity index (χ2n) is 6.90. The molecule has 1 fully saturated rings. The molecule has 1 saturated heterocycles. The third kappa shape index (κ3) is 4.43. The van der Waals surface area contributed by atoms with Crippen LogP contribution in [0.5, 0.6) is 0 Å². The molecule has 4 rings (SSSR count). The summed E-state index contributed by atoms with van der Waals surface area (Å²) in [6.07, 6.45) is 1.51. The number of nitrogens with zero attached hydrogens (tertiary/aromatic N) is 4.